The summed E-state index contributed by atoms with van der Waals surface area (Å²) < 4.78 is 20.6. The predicted molar refractivity (Wildman–Crippen MR) is 171 cm³/mol. The first-order valence-corrected chi connectivity index (χ1v) is 21.9. The largest absolute Gasteiger partial charge is 0.462 e. The molecule has 0 saturated heterocycles. The number of carbonyl (C=O) groups is 1. The number of fused-ring (bicyclic) bond motifs is 1. The van der Waals surface area contributed by atoms with Crippen LogP contribution in [0.2, 0.25) is 36.3 Å². The van der Waals surface area contributed by atoms with Crippen LogP contribution >= 0.6 is 0 Å². The highest BCUT2D eigenvalue weighted by atomic mass is 28.4. The first kappa shape index (κ1) is 34.8. The van der Waals surface area contributed by atoms with Crippen molar-refractivity contribution in [2.24, 2.45) is 11.8 Å². The lowest BCUT2D eigenvalue weighted by Gasteiger charge is -2.45. The quantitative estimate of drug-likeness (QED) is 0.106. The Morgan fingerprint density at radius 2 is 1.56 bits per heavy atom. The number of rotatable bonds is 11. The maximum atomic E-state index is 12.7. The molecule has 2 rings (SSSR count). The molecule has 0 aromatic rings. The number of unbranched alkanes of at least 4 members (excludes halogenated alkanes) is 2. The summed E-state index contributed by atoms with van der Waals surface area (Å²) in [5, 5.41) is 0.325. The van der Waals surface area contributed by atoms with E-state index in [0.29, 0.717) is 18.3 Å². The van der Waals surface area contributed by atoms with Gasteiger partial charge in [0.1, 0.15) is 6.10 Å². The molecule has 0 aromatic carbocycles. The van der Waals surface area contributed by atoms with E-state index < -0.39 is 16.6 Å². The molecule has 0 radical (unpaired) electrons. The van der Waals surface area contributed by atoms with Gasteiger partial charge >= 0.3 is 5.97 Å². The van der Waals surface area contributed by atoms with E-state index in [1.54, 1.807) is 0 Å². The molecule has 1 saturated carbocycles. The van der Waals surface area contributed by atoms with Crippen LogP contribution in [0.25, 0.3) is 0 Å². The van der Waals surface area contributed by atoms with Crippen molar-refractivity contribution in [1.82, 2.24) is 0 Å². The first-order chi connectivity index (χ1) is 17.8. The van der Waals surface area contributed by atoms with E-state index >= 15 is 0 Å². The van der Waals surface area contributed by atoms with Crippen LogP contribution in [0, 0.1) is 11.8 Å². The fourth-order valence-corrected chi connectivity index (χ4v) is 8.99. The van der Waals surface area contributed by atoms with Crippen LogP contribution in [0.15, 0.2) is 12.2 Å². The lowest BCUT2D eigenvalue weighted by molar-refractivity contribution is -0.151. The molecular formula is C33H64O4Si2. The third kappa shape index (κ3) is 9.82. The van der Waals surface area contributed by atoms with Crippen LogP contribution < -0.4 is 0 Å². The zero-order chi connectivity index (χ0) is 29.7. The van der Waals surface area contributed by atoms with Gasteiger partial charge in [-0.05, 0) is 87.6 Å². The number of hydrogen-bond acceptors (Lipinski definition) is 4. The van der Waals surface area contributed by atoms with Gasteiger partial charge in [0, 0.05) is 18.8 Å². The number of ether oxygens (including phenoxy) is 1. The standard InChI is InChI=1S/C33H64O4Si2/c1-13-14-19-23-33(8,37-39(11,12)32(5,6)7)24-22-27-26-20-17-15-16-18-21-30(34)35-28(26)25-29(27)36-38(9,10)31(2,3)4/h15,17,26-29H,13-14,16,18-25H2,1-12H3/b17-15-/t26-,27-,28+,29?,33?/m1/s1. The molecule has 6 heteroatoms. The topological polar surface area (TPSA) is 44.8 Å². The minimum Gasteiger partial charge on any atom is -0.462 e. The Morgan fingerprint density at radius 1 is 0.923 bits per heavy atom. The van der Waals surface area contributed by atoms with Crippen molar-refractivity contribution in [3.8, 4) is 0 Å². The summed E-state index contributed by atoms with van der Waals surface area (Å²) in [5.74, 6) is 0.651. The number of esters is 1. The molecule has 2 aliphatic rings. The van der Waals surface area contributed by atoms with Crippen LogP contribution in [0.1, 0.15) is 126 Å². The highest BCUT2D eigenvalue weighted by molar-refractivity contribution is 6.74. The summed E-state index contributed by atoms with van der Waals surface area (Å²) in [4.78, 5) is 12.7. The molecule has 1 fully saturated rings. The molecule has 0 amide bonds. The maximum Gasteiger partial charge on any atom is 0.306 e. The molecule has 4 nitrogen and oxygen atoms in total. The lowest BCUT2D eigenvalue weighted by atomic mass is 9.82. The summed E-state index contributed by atoms with van der Waals surface area (Å²) in [5.41, 5.74) is -0.139. The SMILES string of the molecule is CCCCCC(C)(CC[C@H]1C(O[Si](C)(C)C(C)(C)C)C[C@@H]2OC(=O)CCC/C=C\C[C@@H]21)O[Si](C)(C)C(C)(C)C. The minimum absolute atomic E-state index is 0.0299. The van der Waals surface area contributed by atoms with Gasteiger partial charge in [0.15, 0.2) is 16.6 Å². The summed E-state index contributed by atoms with van der Waals surface area (Å²) in [6.07, 6.45) is 15.8. The fourth-order valence-electron chi connectivity index (χ4n) is 5.86. The predicted octanol–water partition coefficient (Wildman–Crippen LogP) is 10.2. The van der Waals surface area contributed by atoms with Crippen LogP contribution in [0.3, 0.4) is 0 Å². The van der Waals surface area contributed by atoms with Gasteiger partial charge in [-0.25, -0.2) is 0 Å². The van der Waals surface area contributed by atoms with Gasteiger partial charge in [0.2, 0.25) is 0 Å². The van der Waals surface area contributed by atoms with Crippen LogP contribution in [-0.2, 0) is 18.4 Å². The zero-order valence-corrected chi connectivity index (χ0v) is 29.9. The Kier molecular flexibility index (Phi) is 12.2. The molecule has 0 aromatic heterocycles. The summed E-state index contributed by atoms with van der Waals surface area (Å²) >= 11 is 0. The molecule has 5 atom stereocenters. The van der Waals surface area contributed by atoms with E-state index in [9.17, 15) is 4.79 Å². The number of hydrogen-bond donors (Lipinski definition) is 0. The molecule has 1 aliphatic heterocycles. The molecule has 1 aliphatic carbocycles. The van der Waals surface area contributed by atoms with Crippen molar-refractivity contribution < 1.29 is 18.4 Å². The monoisotopic (exact) mass is 580 g/mol. The zero-order valence-electron chi connectivity index (χ0n) is 27.9. The highest BCUT2D eigenvalue weighted by Crippen LogP contribution is 2.48. The van der Waals surface area contributed by atoms with Crippen molar-refractivity contribution >= 4 is 22.6 Å². The lowest BCUT2D eigenvalue weighted by Crippen LogP contribution is -2.49. The second-order valence-electron chi connectivity index (χ2n) is 15.9. The van der Waals surface area contributed by atoms with Crippen molar-refractivity contribution in [3.05, 3.63) is 12.2 Å². The van der Waals surface area contributed by atoms with Gasteiger partial charge in [-0.1, -0.05) is 79.9 Å². The van der Waals surface area contributed by atoms with Gasteiger partial charge < -0.3 is 13.6 Å². The minimum atomic E-state index is -1.98. The van der Waals surface area contributed by atoms with E-state index in [-0.39, 0.29) is 33.9 Å². The Labute approximate surface area is 244 Å². The van der Waals surface area contributed by atoms with Crippen molar-refractivity contribution in [1.29, 1.82) is 0 Å². The highest BCUT2D eigenvalue weighted by Gasteiger charge is 2.50. The van der Waals surface area contributed by atoms with Crippen molar-refractivity contribution in [3.63, 3.8) is 0 Å². The van der Waals surface area contributed by atoms with E-state index in [2.05, 4.69) is 93.7 Å². The molecule has 39 heavy (non-hydrogen) atoms. The van der Waals surface area contributed by atoms with E-state index in [0.717, 1.165) is 44.9 Å². The smallest absolute Gasteiger partial charge is 0.306 e. The first-order valence-electron chi connectivity index (χ1n) is 16.0. The van der Waals surface area contributed by atoms with E-state index in [1.807, 2.05) is 0 Å². The molecular weight excluding hydrogens is 517 g/mol. The number of allylic oxidation sites excluding steroid dienone is 2. The van der Waals surface area contributed by atoms with Gasteiger partial charge in [0.25, 0.3) is 0 Å². The van der Waals surface area contributed by atoms with E-state index in [4.69, 9.17) is 13.6 Å². The second kappa shape index (κ2) is 13.7. The summed E-state index contributed by atoms with van der Waals surface area (Å²) in [6, 6.07) is 0. The average molecular weight is 581 g/mol. The summed E-state index contributed by atoms with van der Waals surface area (Å²) in [6.45, 7) is 28.2. The molecule has 0 N–H and O–H groups in total. The van der Waals surface area contributed by atoms with Crippen molar-refractivity contribution in [2.45, 2.75) is 180 Å². The van der Waals surface area contributed by atoms with Gasteiger partial charge in [-0.15, -0.1) is 0 Å². The van der Waals surface area contributed by atoms with Crippen molar-refractivity contribution in [2.75, 3.05) is 0 Å². The van der Waals surface area contributed by atoms with Gasteiger partial charge in [0.05, 0.1) is 11.7 Å². The Morgan fingerprint density at radius 3 is 2.15 bits per heavy atom. The molecule has 228 valence electrons. The molecule has 2 unspecified atom stereocenters. The average Bonchev–Trinajstić information content (AvgIpc) is 3.08. The van der Waals surface area contributed by atoms with Crippen LogP contribution in [0.4, 0.5) is 0 Å². The van der Waals surface area contributed by atoms with Crippen LogP contribution in [0.5, 0.6) is 0 Å². The fraction of sp³-hybridized carbons (Fsp3) is 0.909. The molecule has 1 heterocycles. The maximum absolute atomic E-state index is 12.7. The van der Waals surface area contributed by atoms with E-state index in [1.165, 1.54) is 19.3 Å². The van der Waals surface area contributed by atoms with Crippen LogP contribution in [-0.4, -0.2) is 40.4 Å². The molecule has 0 spiro atoms. The summed E-state index contributed by atoms with van der Waals surface area (Å²) in [7, 11) is -3.92. The van der Waals surface area contributed by atoms with Gasteiger partial charge in [-0.2, -0.15) is 0 Å². The number of carbonyl (C=O) groups excluding carboxylic acids is 1. The third-order valence-corrected chi connectivity index (χ3v) is 19.6. The Hall–Kier alpha value is -0.436. The second-order valence-corrected chi connectivity index (χ2v) is 25.4. The molecule has 0 bridgehead atoms. The Bertz CT molecular complexity index is 808. The normalized spacial score (nSPS) is 27.9. The van der Waals surface area contributed by atoms with Gasteiger partial charge in [-0.3, -0.25) is 4.79 Å². The Balaban J connectivity index is 2.38. The third-order valence-electron chi connectivity index (χ3n) is 10.5.